The Hall–Kier alpha value is -1.20. The molecule has 5 nitrogen and oxygen atoms in total. The number of anilines is 1. The summed E-state index contributed by atoms with van der Waals surface area (Å²) in [5, 5.41) is 12.0. The highest BCUT2D eigenvalue weighted by Gasteiger charge is 2.15. The minimum Gasteiger partial charge on any atom is -0.341 e. The highest BCUT2D eigenvalue weighted by molar-refractivity contribution is 5.31. The van der Waals surface area contributed by atoms with Crippen molar-refractivity contribution >= 4 is 5.95 Å². The lowest BCUT2D eigenvalue weighted by Gasteiger charge is -2.30. The van der Waals surface area contributed by atoms with Crippen molar-refractivity contribution in [3.05, 3.63) is 18.5 Å². The van der Waals surface area contributed by atoms with Gasteiger partial charge in [-0.25, -0.2) is 9.97 Å². The molecule has 66 valence electrons. The molecule has 1 aliphatic rings. The standard InChI is InChI=1S/C7H9N3.H2O2/c1-3-8-7(9-4-1)10-5-2-6-10;1-2/h1,3-4H,2,5-6H2;1-2H. The van der Waals surface area contributed by atoms with Crippen LogP contribution in [0.2, 0.25) is 0 Å². The van der Waals surface area contributed by atoms with E-state index in [-0.39, 0.29) is 0 Å². The van der Waals surface area contributed by atoms with Crippen molar-refractivity contribution in [1.29, 1.82) is 0 Å². The summed E-state index contributed by atoms with van der Waals surface area (Å²) in [5.41, 5.74) is 0. The van der Waals surface area contributed by atoms with Gasteiger partial charge >= 0.3 is 0 Å². The summed E-state index contributed by atoms with van der Waals surface area (Å²) in [4.78, 5) is 10.4. The first kappa shape index (κ1) is 8.89. The van der Waals surface area contributed by atoms with Crippen LogP contribution in [0.25, 0.3) is 0 Å². The minimum absolute atomic E-state index is 0.869. The quantitative estimate of drug-likeness (QED) is 0.478. The summed E-state index contributed by atoms with van der Waals surface area (Å²) in [6, 6.07) is 1.84. The topological polar surface area (TPSA) is 69.5 Å². The van der Waals surface area contributed by atoms with Crippen LogP contribution in [0.5, 0.6) is 0 Å². The fraction of sp³-hybridized carbons (Fsp3) is 0.429. The summed E-state index contributed by atoms with van der Waals surface area (Å²) in [6.45, 7) is 2.23. The molecule has 1 aromatic heterocycles. The van der Waals surface area contributed by atoms with Gasteiger partial charge in [-0.2, -0.15) is 0 Å². The number of rotatable bonds is 1. The smallest absolute Gasteiger partial charge is 0.225 e. The third-order valence-electron chi connectivity index (χ3n) is 1.69. The Balaban J connectivity index is 0.000000336. The molecule has 0 radical (unpaired) electrons. The van der Waals surface area contributed by atoms with Crippen molar-refractivity contribution in [2.24, 2.45) is 0 Å². The lowest BCUT2D eigenvalue weighted by molar-refractivity contribution is -0.176. The number of hydrogen-bond donors (Lipinski definition) is 2. The normalized spacial score (nSPS) is 14.3. The molecular formula is C7H11N3O2. The molecule has 0 spiro atoms. The zero-order chi connectivity index (χ0) is 8.81. The molecule has 0 unspecified atom stereocenters. The number of hydrogen-bond acceptors (Lipinski definition) is 5. The Morgan fingerprint density at radius 1 is 1.17 bits per heavy atom. The number of nitrogens with zero attached hydrogens (tertiary/aromatic N) is 3. The molecule has 0 aromatic carbocycles. The van der Waals surface area contributed by atoms with Crippen LogP contribution in [0.1, 0.15) is 6.42 Å². The van der Waals surface area contributed by atoms with Gasteiger partial charge in [0.15, 0.2) is 0 Å². The second kappa shape index (κ2) is 4.63. The van der Waals surface area contributed by atoms with Gasteiger partial charge in [0.05, 0.1) is 0 Å². The molecule has 12 heavy (non-hydrogen) atoms. The Morgan fingerprint density at radius 3 is 2.17 bits per heavy atom. The fourth-order valence-electron chi connectivity index (χ4n) is 0.971. The van der Waals surface area contributed by atoms with Gasteiger partial charge < -0.3 is 4.90 Å². The van der Waals surface area contributed by atoms with Gasteiger partial charge in [-0.15, -0.1) is 0 Å². The van der Waals surface area contributed by atoms with E-state index in [1.165, 1.54) is 6.42 Å². The van der Waals surface area contributed by atoms with E-state index in [1.807, 2.05) is 6.07 Å². The van der Waals surface area contributed by atoms with Gasteiger partial charge in [-0.3, -0.25) is 10.5 Å². The molecule has 0 amide bonds. The summed E-state index contributed by atoms with van der Waals surface area (Å²) in [5.74, 6) is 0.869. The summed E-state index contributed by atoms with van der Waals surface area (Å²) >= 11 is 0. The Labute approximate surface area is 70.2 Å². The molecule has 1 saturated heterocycles. The first-order chi connectivity index (χ1) is 5.97. The van der Waals surface area contributed by atoms with E-state index in [2.05, 4.69) is 14.9 Å². The molecule has 0 aliphatic carbocycles. The Kier molecular flexibility index (Phi) is 3.43. The number of aromatic nitrogens is 2. The van der Waals surface area contributed by atoms with Crippen LogP contribution in [0.15, 0.2) is 18.5 Å². The predicted molar refractivity (Wildman–Crippen MR) is 44.1 cm³/mol. The summed E-state index contributed by atoms with van der Waals surface area (Å²) in [7, 11) is 0. The highest BCUT2D eigenvalue weighted by Crippen LogP contribution is 2.12. The maximum Gasteiger partial charge on any atom is 0.225 e. The largest absolute Gasteiger partial charge is 0.341 e. The van der Waals surface area contributed by atoms with Crippen LogP contribution in [0.4, 0.5) is 5.95 Å². The maximum atomic E-state index is 6.00. The average Bonchev–Trinajstić information content (AvgIpc) is 2.07. The van der Waals surface area contributed by atoms with Crippen LogP contribution in [-0.4, -0.2) is 33.6 Å². The van der Waals surface area contributed by atoms with E-state index in [0.29, 0.717) is 0 Å². The lowest BCUT2D eigenvalue weighted by atomic mass is 10.2. The molecule has 1 aromatic rings. The van der Waals surface area contributed by atoms with Crippen LogP contribution in [0, 0.1) is 0 Å². The molecular weight excluding hydrogens is 158 g/mol. The molecule has 2 rings (SSSR count). The zero-order valence-electron chi connectivity index (χ0n) is 6.59. The van der Waals surface area contributed by atoms with Gasteiger partial charge in [0.2, 0.25) is 5.95 Å². The first-order valence-electron chi connectivity index (χ1n) is 3.69. The molecule has 2 heterocycles. The Bertz CT molecular complexity index is 213. The zero-order valence-corrected chi connectivity index (χ0v) is 6.59. The van der Waals surface area contributed by atoms with Crippen molar-refractivity contribution in [1.82, 2.24) is 9.97 Å². The summed E-state index contributed by atoms with van der Waals surface area (Å²) in [6.07, 6.45) is 4.83. The lowest BCUT2D eigenvalue weighted by Crippen LogP contribution is -2.38. The van der Waals surface area contributed by atoms with Crippen LogP contribution in [0.3, 0.4) is 0 Å². The van der Waals surface area contributed by atoms with Gasteiger partial charge in [-0.1, -0.05) is 0 Å². The molecule has 2 N–H and O–H groups in total. The third kappa shape index (κ3) is 1.90. The van der Waals surface area contributed by atoms with Crippen molar-refractivity contribution in [2.75, 3.05) is 18.0 Å². The maximum absolute atomic E-state index is 6.00. The molecule has 0 atom stereocenters. The second-order valence-corrected chi connectivity index (χ2v) is 2.39. The van der Waals surface area contributed by atoms with E-state index in [0.717, 1.165) is 19.0 Å². The van der Waals surface area contributed by atoms with Gasteiger partial charge in [-0.05, 0) is 12.5 Å². The van der Waals surface area contributed by atoms with E-state index in [1.54, 1.807) is 12.4 Å². The Morgan fingerprint density at radius 2 is 1.75 bits per heavy atom. The molecule has 5 heteroatoms. The van der Waals surface area contributed by atoms with E-state index < -0.39 is 0 Å². The molecule has 1 aliphatic heterocycles. The van der Waals surface area contributed by atoms with Crippen molar-refractivity contribution in [3.63, 3.8) is 0 Å². The monoisotopic (exact) mass is 169 g/mol. The highest BCUT2D eigenvalue weighted by atomic mass is 17.0. The predicted octanol–water partition coefficient (Wildman–Crippen LogP) is 0.704. The van der Waals surface area contributed by atoms with E-state index in [4.69, 9.17) is 10.5 Å². The van der Waals surface area contributed by atoms with Crippen LogP contribution < -0.4 is 4.90 Å². The SMILES string of the molecule is OO.c1cnc(N2CCC2)nc1. The van der Waals surface area contributed by atoms with Crippen molar-refractivity contribution < 1.29 is 10.5 Å². The van der Waals surface area contributed by atoms with E-state index in [9.17, 15) is 0 Å². The average molecular weight is 169 g/mol. The molecule has 0 bridgehead atoms. The summed E-state index contributed by atoms with van der Waals surface area (Å²) < 4.78 is 0. The second-order valence-electron chi connectivity index (χ2n) is 2.39. The first-order valence-corrected chi connectivity index (χ1v) is 3.69. The molecule has 0 saturated carbocycles. The van der Waals surface area contributed by atoms with Crippen LogP contribution in [-0.2, 0) is 0 Å². The fourth-order valence-corrected chi connectivity index (χ4v) is 0.971. The van der Waals surface area contributed by atoms with Crippen molar-refractivity contribution in [2.45, 2.75) is 6.42 Å². The van der Waals surface area contributed by atoms with Crippen LogP contribution >= 0.6 is 0 Å². The third-order valence-corrected chi connectivity index (χ3v) is 1.69. The van der Waals surface area contributed by atoms with Gasteiger partial charge in [0.1, 0.15) is 0 Å². The van der Waals surface area contributed by atoms with Gasteiger partial charge in [0, 0.05) is 25.5 Å². The van der Waals surface area contributed by atoms with Gasteiger partial charge in [0.25, 0.3) is 0 Å². The van der Waals surface area contributed by atoms with E-state index >= 15 is 0 Å². The minimum atomic E-state index is 0.869. The molecule has 1 fully saturated rings. The van der Waals surface area contributed by atoms with Crippen molar-refractivity contribution in [3.8, 4) is 0 Å².